The van der Waals surface area contributed by atoms with E-state index in [2.05, 4.69) is 35.8 Å². The average Bonchev–Trinajstić information content (AvgIpc) is 3.08. The van der Waals surface area contributed by atoms with E-state index in [9.17, 15) is 4.79 Å². The summed E-state index contributed by atoms with van der Waals surface area (Å²) in [5.74, 6) is 3.30. The van der Waals surface area contributed by atoms with Gasteiger partial charge in [-0.2, -0.15) is 16.8 Å². The number of thioether (sulfide) groups is 1. The van der Waals surface area contributed by atoms with E-state index in [1.165, 1.54) is 16.9 Å². The molecule has 0 atom stereocenters. The molecule has 0 N–H and O–H groups in total. The van der Waals surface area contributed by atoms with E-state index in [-0.39, 0.29) is 5.91 Å². The summed E-state index contributed by atoms with van der Waals surface area (Å²) in [4.78, 5) is 17.6. The minimum absolute atomic E-state index is 0.0862. The molecule has 3 aromatic rings. The number of thiazole rings is 1. The third-order valence-corrected chi connectivity index (χ3v) is 6.83. The molecule has 1 amide bonds. The number of hydrogen-bond donors (Lipinski definition) is 0. The Balaban J connectivity index is 1.43. The van der Waals surface area contributed by atoms with E-state index in [4.69, 9.17) is 9.47 Å². The van der Waals surface area contributed by atoms with Crippen molar-refractivity contribution in [3.63, 3.8) is 0 Å². The molecule has 5 nitrogen and oxygen atoms in total. The zero-order valence-corrected chi connectivity index (χ0v) is 18.3. The molecule has 2 aromatic carbocycles. The predicted molar refractivity (Wildman–Crippen MR) is 123 cm³/mol. The SMILES string of the molecule is C=CCn1c(=NC(=O)CCCSCc2ccccc2)sc2cc3c(cc21)OCCO3. The van der Waals surface area contributed by atoms with Gasteiger partial charge in [0, 0.05) is 30.9 Å². The van der Waals surface area contributed by atoms with Crippen LogP contribution in [0.4, 0.5) is 0 Å². The first-order valence-electron chi connectivity index (χ1n) is 9.97. The van der Waals surface area contributed by atoms with Crippen molar-refractivity contribution in [3.8, 4) is 11.5 Å². The van der Waals surface area contributed by atoms with Gasteiger partial charge >= 0.3 is 0 Å². The predicted octanol–water partition coefficient (Wildman–Crippen LogP) is 4.80. The first kappa shape index (κ1) is 20.8. The fraction of sp³-hybridized carbons (Fsp3) is 0.304. The molecule has 1 aromatic heterocycles. The van der Waals surface area contributed by atoms with E-state index < -0.39 is 0 Å². The highest BCUT2D eigenvalue weighted by Crippen LogP contribution is 2.35. The molecule has 0 bridgehead atoms. The number of benzene rings is 2. The van der Waals surface area contributed by atoms with Crippen molar-refractivity contribution >= 4 is 39.2 Å². The Bertz CT molecular complexity index is 1100. The number of aromatic nitrogens is 1. The summed E-state index contributed by atoms with van der Waals surface area (Å²) in [5, 5.41) is 0. The van der Waals surface area contributed by atoms with Crippen molar-refractivity contribution in [2.45, 2.75) is 25.1 Å². The topological polar surface area (TPSA) is 52.8 Å². The third kappa shape index (κ3) is 4.96. The first-order valence-corrected chi connectivity index (χ1v) is 11.9. The standard InChI is InChI=1S/C23H24N2O3S2/c1-2-10-25-18-14-19-20(28-12-11-27-19)15-21(18)30-23(25)24-22(26)9-6-13-29-16-17-7-4-3-5-8-17/h2-5,7-8,14-15H,1,6,9-13,16H2. The summed E-state index contributed by atoms with van der Waals surface area (Å²) in [6.07, 6.45) is 3.09. The van der Waals surface area contributed by atoms with Gasteiger partial charge in [0.1, 0.15) is 13.2 Å². The van der Waals surface area contributed by atoms with E-state index in [1.54, 1.807) is 0 Å². The number of ether oxygens (including phenoxy) is 2. The Morgan fingerprint density at radius 2 is 1.97 bits per heavy atom. The van der Waals surface area contributed by atoms with Gasteiger partial charge in [-0.05, 0) is 17.7 Å². The van der Waals surface area contributed by atoms with Crippen LogP contribution < -0.4 is 14.3 Å². The van der Waals surface area contributed by atoms with Crippen LogP contribution in [0.2, 0.25) is 0 Å². The lowest BCUT2D eigenvalue weighted by Crippen LogP contribution is -2.17. The molecule has 0 saturated carbocycles. The van der Waals surface area contributed by atoms with Crippen LogP contribution in [0.3, 0.4) is 0 Å². The lowest BCUT2D eigenvalue weighted by molar-refractivity contribution is -0.118. The average molecular weight is 441 g/mol. The third-order valence-electron chi connectivity index (χ3n) is 4.67. The van der Waals surface area contributed by atoms with Crippen molar-refractivity contribution in [1.82, 2.24) is 4.57 Å². The molecule has 0 aliphatic carbocycles. The zero-order valence-electron chi connectivity index (χ0n) is 16.7. The first-order chi connectivity index (χ1) is 14.7. The van der Waals surface area contributed by atoms with Gasteiger partial charge < -0.3 is 14.0 Å². The quantitative estimate of drug-likeness (QED) is 0.373. The van der Waals surface area contributed by atoms with Crippen molar-refractivity contribution < 1.29 is 14.3 Å². The summed E-state index contributed by atoms with van der Waals surface area (Å²) < 4.78 is 14.4. The van der Waals surface area contributed by atoms with Crippen LogP contribution in [-0.4, -0.2) is 29.4 Å². The number of fused-ring (bicyclic) bond motifs is 2. The summed E-state index contributed by atoms with van der Waals surface area (Å²) in [5.41, 5.74) is 2.29. The normalized spacial score (nSPS) is 13.5. The van der Waals surface area contributed by atoms with Gasteiger partial charge in [0.25, 0.3) is 0 Å². The Morgan fingerprint density at radius 1 is 1.20 bits per heavy atom. The number of amides is 1. The largest absolute Gasteiger partial charge is 0.486 e. The molecular formula is C23H24N2O3S2. The smallest absolute Gasteiger partial charge is 0.248 e. The number of hydrogen-bond acceptors (Lipinski definition) is 5. The van der Waals surface area contributed by atoms with Crippen LogP contribution in [0.15, 0.2) is 60.1 Å². The van der Waals surface area contributed by atoms with Crippen molar-refractivity contribution in [2.24, 2.45) is 4.99 Å². The maximum atomic E-state index is 12.5. The highest BCUT2D eigenvalue weighted by molar-refractivity contribution is 7.98. The summed E-state index contributed by atoms with van der Waals surface area (Å²) in [7, 11) is 0. The fourth-order valence-corrected chi connectivity index (χ4v) is 5.24. The number of rotatable bonds is 8. The van der Waals surface area contributed by atoms with Gasteiger partial charge in [0.2, 0.25) is 5.91 Å². The highest BCUT2D eigenvalue weighted by atomic mass is 32.2. The van der Waals surface area contributed by atoms with E-state index in [0.29, 0.717) is 31.0 Å². The summed E-state index contributed by atoms with van der Waals surface area (Å²) in [6.45, 7) is 5.52. The van der Waals surface area contributed by atoms with Crippen molar-refractivity contribution in [3.05, 3.63) is 65.5 Å². The Labute approximate surface area is 184 Å². The number of carbonyl (C=O) groups excluding carboxylic acids is 1. The van der Waals surface area contributed by atoms with Gasteiger partial charge in [0.05, 0.1) is 10.2 Å². The molecule has 156 valence electrons. The van der Waals surface area contributed by atoms with Gasteiger partial charge in [-0.15, -0.1) is 6.58 Å². The van der Waals surface area contributed by atoms with Crippen LogP contribution >= 0.6 is 23.1 Å². The second-order valence-electron chi connectivity index (χ2n) is 6.89. The second kappa shape index (κ2) is 10.00. The molecule has 30 heavy (non-hydrogen) atoms. The lowest BCUT2D eigenvalue weighted by atomic mass is 10.2. The Hall–Kier alpha value is -2.51. The molecule has 0 saturated heterocycles. The Morgan fingerprint density at radius 3 is 2.73 bits per heavy atom. The summed E-state index contributed by atoms with van der Waals surface area (Å²) >= 11 is 3.34. The maximum Gasteiger partial charge on any atom is 0.248 e. The van der Waals surface area contributed by atoms with Crippen LogP contribution in [0.5, 0.6) is 11.5 Å². The summed E-state index contributed by atoms with van der Waals surface area (Å²) in [6, 6.07) is 14.3. The lowest BCUT2D eigenvalue weighted by Gasteiger charge is -2.18. The minimum Gasteiger partial charge on any atom is -0.486 e. The van der Waals surface area contributed by atoms with Gasteiger partial charge in [-0.25, -0.2) is 0 Å². The fourth-order valence-electron chi connectivity index (χ4n) is 3.25. The number of allylic oxidation sites excluding steroid dienone is 1. The van der Waals surface area contributed by atoms with Crippen molar-refractivity contribution in [1.29, 1.82) is 0 Å². The molecule has 4 rings (SSSR count). The second-order valence-corrected chi connectivity index (χ2v) is 9.01. The minimum atomic E-state index is -0.0862. The van der Waals surface area contributed by atoms with Gasteiger partial charge in [-0.3, -0.25) is 4.79 Å². The monoisotopic (exact) mass is 440 g/mol. The van der Waals surface area contributed by atoms with E-state index >= 15 is 0 Å². The van der Waals surface area contributed by atoms with Crippen LogP contribution in [0.1, 0.15) is 18.4 Å². The highest BCUT2D eigenvalue weighted by Gasteiger charge is 2.16. The molecule has 1 aliphatic heterocycles. The van der Waals surface area contributed by atoms with Crippen molar-refractivity contribution in [2.75, 3.05) is 19.0 Å². The maximum absolute atomic E-state index is 12.5. The molecule has 0 spiro atoms. The number of carbonyl (C=O) groups is 1. The molecular weight excluding hydrogens is 416 g/mol. The number of nitrogens with zero attached hydrogens (tertiary/aromatic N) is 2. The molecule has 2 heterocycles. The van der Waals surface area contributed by atoms with E-state index in [1.807, 2.05) is 40.6 Å². The molecule has 0 fully saturated rings. The Kier molecular flexibility index (Phi) is 6.92. The van der Waals surface area contributed by atoms with E-state index in [0.717, 1.165) is 39.6 Å². The van der Waals surface area contributed by atoms with Crippen LogP contribution in [-0.2, 0) is 17.1 Å². The molecule has 1 aliphatic rings. The molecule has 0 unspecified atom stereocenters. The van der Waals surface area contributed by atoms with Gasteiger partial charge in [0.15, 0.2) is 16.3 Å². The van der Waals surface area contributed by atoms with Gasteiger partial charge in [-0.1, -0.05) is 47.7 Å². The molecule has 7 heteroatoms. The van der Waals surface area contributed by atoms with Crippen LogP contribution in [0.25, 0.3) is 10.2 Å². The van der Waals surface area contributed by atoms with Crippen LogP contribution in [0, 0.1) is 0 Å². The zero-order chi connectivity index (χ0) is 20.8. The molecule has 0 radical (unpaired) electrons.